The minimum Gasteiger partial charge on any atom is -0.325 e. The van der Waals surface area contributed by atoms with E-state index >= 15 is 0 Å². The van der Waals surface area contributed by atoms with Crippen molar-refractivity contribution in [2.24, 2.45) is 0 Å². The molecule has 1 fully saturated rings. The molecule has 19 heavy (non-hydrogen) atoms. The number of halogens is 2. The number of nitrogens with one attached hydrogen (secondary N) is 2. The van der Waals surface area contributed by atoms with E-state index in [1.54, 1.807) is 6.92 Å². The summed E-state index contributed by atoms with van der Waals surface area (Å²) < 4.78 is 25.8. The van der Waals surface area contributed by atoms with Crippen LogP contribution in [0.25, 0.3) is 0 Å². The molecule has 1 unspecified atom stereocenters. The van der Waals surface area contributed by atoms with Gasteiger partial charge in [0.25, 0.3) is 0 Å². The molecular formula is C13H17F2N3O. The van der Waals surface area contributed by atoms with Crippen molar-refractivity contribution < 1.29 is 13.6 Å². The van der Waals surface area contributed by atoms with Gasteiger partial charge in [0.05, 0.1) is 6.04 Å². The maximum atomic E-state index is 13.0. The molecule has 1 atom stereocenters. The third-order valence-corrected chi connectivity index (χ3v) is 3.27. The first-order chi connectivity index (χ1) is 9.08. The van der Waals surface area contributed by atoms with E-state index in [4.69, 9.17) is 0 Å². The highest BCUT2D eigenvalue weighted by Crippen LogP contribution is 2.14. The summed E-state index contributed by atoms with van der Waals surface area (Å²) in [4.78, 5) is 14.1. The average molecular weight is 269 g/mol. The molecule has 0 spiro atoms. The van der Waals surface area contributed by atoms with Crippen LogP contribution in [0.3, 0.4) is 0 Å². The summed E-state index contributed by atoms with van der Waals surface area (Å²) in [5, 5.41) is 5.81. The highest BCUT2D eigenvalue weighted by molar-refractivity contribution is 5.94. The van der Waals surface area contributed by atoms with Crippen molar-refractivity contribution in [3.8, 4) is 0 Å². The fraction of sp³-hybridized carbons (Fsp3) is 0.462. The number of amides is 1. The molecule has 1 amide bonds. The van der Waals surface area contributed by atoms with Gasteiger partial charge >= 0.3 is 0 Å². The van der Waals surface area contributed by atoms with E-state index in [9.17, 15) is 13.6 Å². The van der Waals surface area contributed by atoms with E-state index in [0.29, 0.717) is 0 Å². The Kier molecular flexibility index (Phi) is 4.44. The molecule has 4 nitrogen and oxygen atoms in total. The van der Waals surface area contributed by atoms with Gasteiger partial charge in [0, 0.05) is 37.9 Å². The number of carbonyl (C=O) groups excluding carboxylic acids is 1. The predicted octanol–water partition coefficient (Wildman–Crippen LogP) is 1.20. The summed E-state index contributed by atoms with van der Waals surface area (Å²) in [6.07, 6.45) is 0. The van der Waals surface area contributed by atoms with Crippen LogP contribution in [0.2, 0.25) is 0 Å². The molecular weight excluding hydrogens is 252 g/mol. The minimum absolute atomic E-state index is 0.215. The van der Waals surface area contributed by atoms with E-state index in [1.165, 1.54) is 6.07 Å². The van der Waals surface area contributed by atoms with E-state index in [2.05, 4.69) is 10.6 Å². The fourth-order valence-electron chi connectivity index (χ4n) is 2.06. The quantitative estimate of drug-likeness (QED) is 0.866. The molecule has 104 valence electrons. The summed E-state index contributed by atoms with van der Waals surface area (Å²) in [6.45, 7) is 5.10. The lowest BCUT2D eigenvalue weighted by Gasteiger charge is -2.31. The molecule has 1 heterocycles. The van der Waals surface area contributed by atoms with Gasteiger partial charge in [-0.3, -0.25) is 9.69 Å². The van der Waals surface area contributed by atoms with Gasteiger partial charge in [0.2, 0.25) is 5.91 Å². The van der Waals surface area contributed by atoms with Crippen LogP contribution < -0.4 is 10.6 Å². The third kappa shape index (κ3) is 3.48. The molecule has 0 radical (unpaired) electrons. The number of piperazine rings is 1. The Hall–Kier alpha value is -1.53. The molecule has 1 aromatic rings. The standard InChI is InChI=1S/C13H17F2N3O/c1-9(18-6-4-16-5-7-18)13(19)17-10-2-3-11(14)12(15)8-10/h2-3,8-9,16H,4-7H2,1H3,(H,17,19). The molecule has 0 saturated carbocycles. The van der Waals surface area contributed by atoms with Crippen LogP contribution in [0.1, 0.15) is 6.92 Å². The zero-order chi connectivity index (χ0) is 13.8. The number of hydrogen-bond acceptors (Lipinski definition) is 3. The summed E-state index contributed by atoms with van der Waals surface area (Å²) in [5.74, 6) is -2.10. The summed E-state index contributed by atoms with van der Waals surface area (Å²) in [6, 6.07) is 3.04. The number of rotatable bonds is 3. The second kappa shape index (κ2) is 6.08. The molecule has 1 aliphatic heterocycles. The van der Waals surface area contributed by atoms with Gasteiger partial charge in [-0.05, 0) is 19.1 Å². The monoisotopic (exact) mass is 269 g/mol. The topological polar surface area (TPSA) is 44.4 Å². The number of hydrogen-bond donors (Lipinski definition) is 2. The molecule has 2 rings (SSSR count). The highest BCUT2D eigenvalue weighted by atomic mass is 19.2. The first kappa shape index (κ1) is 13.9. The Labute approximate surface area is 110 Å². The van der Waals surface area contributed by atoms with Crippen molar-refractivity contribution in [3.05, 3.63) is 29.8 Å². The molecule has 0 aliphatic carbocycles. The van der Waals surface area contributed by atoms with E-state index in [-0.39, 0.29) is 17.6 Å². The Bertz CT molecular complexity index is 461. The lowest BCUT2D eigenvalue weighted by Crippen LogP contribution is -2.51. The highest BCUT2D eigenvalue weighted by Gasteiger charge is 2.22. The van der Waals surface area contributed by atoms with Crippen molar-refractivity contribution in [3.63, 3.8) is 0 Å². The van der Waals surface area contributed by atoms with Crippen LogP contribution in [0.15, 0.2) is 18.2 Å². The van der Waals surface area contributed by atoms with Gasteiger partial charge in [0.15, 0.2) is 11.6 Å². The lowest BCUT2D eigenvalue weighted by molar-refractivity contribution is -0.120. The number of anilines is 1. The Balaban J connectivity index is 1.97. The van der Waals surface area contributed by atoms with Crippen LogP contribution in [0.5, 0.6) is 0 Å². The number of nitrogens with zero attached hydrogens (tertiary/aromatic N) is 1. The van der Waals surface area contributed by atoms with Crippen molar-refractivity contribution in [2.45, 2.75) is 13.0 Å². The van der Waals surface area contributed by atoms with Crippen LogP contribution in [-0.4, -0.2) is 43.0 Å². The average Bonchev–Trinajstić information content (AvgIpc) is 2.43. The smallest absolute Gasteiger partial charge is 0.241 e. The predicted molar refractivity (Wildman–Crippen MR) is 68.9 cm³/mol. The second-order valence-electron chi connectivity index (χ2n) is 4.58. The zero-order valence-electron chi connectivity index (χ0n) is 10.7. The third-order valence-electron chi connectivity index (χ3n) is 3.27. The normalized spacial score (nSPS) is 18.1. The van der Waals surface area contributed by atoms with Gasteiger partial charge in [-0.15, -0.1) is 0 Å². The van der Waals surface area contributed by atoms with E-state index < -0.39 is 11.6 Å². The first-order valence-corrected chi connectivity index (χ1v) is 6.28. The van der Waals surface area contributed by atoms with E-state index in [0.717, 1.165) is 38.3 Å². The Morgan fingerprint density at radius 2 is 2.00 bits per heavy atom. The van der Waals surface area contributed by atoms with Crippen molar-refractivity contribution in [1.82, 2.24) is 10.2 Å². The molecule has 0 aromatic heterocycles. The molecule has 2 N–H and O–H groups in total. The first-order valence-electron chi connectivity index (χ1n) is 6.28. The van der Waals surface area contributed by atoms with Crippen LogP contribution in [0.4, 0.5) is 14.5 Å². The number of carbonyl (C=O) groups is 1. The lowest BCUT2D eigenvalue weighted by atomic mass is 10.2. The molecule has 1 aliphatic rings. The Morgan fingerprint density at radius 3 is 2.63 bits per heavy atom. The van der Waals surface area contributed by atoms with Gasteiger partial charge < -0.3 is 10.6 Å². The van der Waals surface area contributed by atoms with Crippen molar-refractivity contribution >= 4 is 11.6 Å². The summed E-state index contributed by atoms with van der Waals surface area (Å²) >= 11 is 0. The summed E-state index contributed by atoms with van der Waals surface area (Å²) in [7, 11) is 0. The van der Waals surface area contributed by atoms with Crippen LogP contribution in [-0.2, 0) is 4.79 Å². The van der Waals surface area contributed by atoms with Crippen LogP contribution in [0, 0.1) is 11.6 Å². The van der Waals surface area contributed by atoms with Crippen molar-refractivity contribution in [2.75, 3.05) is 31.5 Å². The SMILES string of the molecule is CC(C(=O)Nc1ccc(F)c(F)c1)N1CCNCC1. The zero-order valence-corrected chi connectivity index (χ0v) is 10.7. The minimum atomic E-state index is -0.965. The molecule has 1 aromatic carbocycles. The van der Waals surface area contributed by atoms with E-state index in [1.807, 2.05) is 4.90 Å². The molecule has 6 heteroatoms. The molecule has 1 saturated heterocycles. The maximum Gasteiger partial charge on any atom is 0.241 e. The fourth-order valence-corrected chi connectivity index (χ4v) is 2.06. The summed E-state index contributed by atoms with van der Waals surface area (Å²) in [5.41, 5.74) is 0.269. The maximum absolute atomic E-state index is 13.0. The largest absolute Gasteiger partial charge is 0.325 e. The van der Waals surface area contributed by atoms with Gasteiger partial charge in [-0.25, -0.2) is 8.78 Å². The Morgan fingerprint density at radius 1 is 1.32 bits per heavy atom. The molecule has 0 bridgehead atoms. The number of benzene rings is 1. The van der Waals surface area contributed by atoms with Gasteiger partial charge in [0.1, 0.15) is 0 Å². The van der Waals surface area contributed by atoms with Gasteiger partial charge in [-0.2, -0.15) is 0 Å². The second-order valence-corrected chi connectivity index (χ2v) is 4.58. The van der Waals surface area contributed by atoms with Crippen molar-refractivity contribution in [1.29, 1.82) is 0 Å². The van der Waals surface area contributed by atoms with Crippen LogP contribution >= 0.6 is 0 Å². The van der Waals surface area contributed by atoms with Gasteiger partial charge in [-0.1, -0.05) is 0 Å².